The van der Waals surface area contributed by atoms with Gasteiger partial charge in [0.2, 0.25) is 0 Å². The van der Waals surface area contributed by atoms with Crippen molar-refractivity contribution in [2.45, 2.75) is 11.1 Å². The second-order valence-corrected chi connectivity index (χ2v) is 7.85. The van der Waals surface area contributed by atoms with E-state index in [1.165, 1.54) is 10.9 Å². The van der Waals surface area contributed by atoms with Gasteiger partial charge in [0.05, 0.1) is 0 Å². The molecule has 2 rings (SSSR count). The van der Waals surface area contributed by atoms with E-state index in [9.17, 15) is 0 Å². The summed E-state index contributed by atoms with van der Waals surface area (Å²) in [5.41, 5.74) is 1.47. The van der Waals surface area contributed by atoms with E-state index < -0.39 is 13.9 Å². The third kappa shape index (κ3) is 2.95. The van der Waals surface area contributed by atoms with Crippen molar-refractivity contribution in [3.8, 4) is 0 Å². The standard InChI is InChI=1S/C14H15Se/c1-15(14-10-6-3-7-11-14)12-13-8-4-2-5-9-13/h2-11H,12H2,1H3. The monoisotopic (exact) mass is 263 g/mol. The van der Waals surface area contributed by atoms with Gasteiger partial charge in [0.15, 0.2) is 0 Å². The van der Waals surface area contributed by atoms with E-state index in [0.29, 0.717) is 0 Å². The SMILES string of the molecule is C[Se](Cc1ccccc1)c1ccccc1. The van der Waals surface area contributed by atoms with Gasteiger partial charge in [-0.3, -0.25) is 0 Å². The molecule has 77 valence electrons. The van der Waals surface area contributed by atoms with Crippen LogP contribution in [0.25, 0.3) is 0 Å². The van der Waals surface area contributed by atoms with Crippen molar-refractivity contribution in [3.05, 3.63) is 66.2 Å². The molecule has 1 heteroatoms. The molecule has 2 aromatic carbocycles. The molecule has 0 bridgehead atoms. The van der Waals surface area contributed by atoms with Gasteiger partial charge in [-0.2, -0.15) is 0 Å². The van der Waals surface area contributed by atoms with Crippen molar-refractivity contribution in [3.63, 3.8) is 0 Å². The summed E-state index contributed by atoms with van der Waals surface area (Å²) < 4.78 is 1.54. The molecule has 1 radical (unpaired) electrons. The average Bonchev–Trinajstić information content (AvgIpc) is 2.31. The Bertz CT molecular complexity index is 394. The maximum atomic E-state index is 2.41. The summed E-state index contributed by atoms with van der Waals surface area (Å²) in [6, 6.07) is 21.7. The van der Waals surface area contributed by atoms with Crippen LogP contribution in [-0.4, -0.2) is 13.9 Å². The first-order valence-corrected chi connectivity index (χ1v) is 8.86. The number of hydrogen-bond donors (Lipinski definition) is 0. The van der Waals surface area contributed by atoms with Crippen LogP contribution in [0, 0.1) is 0 Å². The first-order chi connectivity index (χ1) is 7.36. The van der Waals surface area contributed by atoms with Gasteiger partial charge in [-0.25, -0.2) is 0 Å². The zero-order valence-electron chi connectivity index (χ0n) is 8.89. The van der Waals surface area contributed by atoms with Crippen LogP contribution in [-0.2, 0) is 5.32 Å². The van der Waals surface area contributed by atoms with Crippen molar-refractivity contribution < 1.29 is 0 Å². The second-order valence-electron chi connectivity index (χ2n) is 3.58. The number of rotatable bonds is 3. The van der Waals surface area contributed by atoms with Crippen LogP contribution in [0.4, 0.5) is 0 Å². The fourth-order valence-electron chi connectivity index (χ4n) is 1.56. The first-order valence-electron chi connectivity index (χ1n) is 5.08. The molecule has 0 spiro atoms. The van der Waals surface area contributed by atoms with Crippen molar-refractivity contribution in [1.82, 2.24) is 0 Å². The van der Waals surface area contributed by atoms with Crippen LogP contribution in [0.1, 0.15) is 5.56 Å². The van der Waals surface area contributed by atoms with Crippen LogP contribution in [0.2, 0.25) is 5.82 Å². The zero-order valence-corrected chi connectivity index (χ0v) is 10.6. The Morgan fingerprint density at radius 3 is 1.93 bits per heavy atom. The van der Waals surface area contributed by atoms with Gasteiger partial charge in [-0.1, -0.05) is 0 Å². The summed E-state index contributed by atoms with van der Waals surface area (Å²) in [6.07, 6.45) is 0. The quantitative estimate of drug-likeness (QED) is 0.746. The predicted molar refractivity (Wildman–Crippen MR) is 67.8 cm³/mol. The van der Waals surface area contributed by atoms with Crippen molar-refractivity contribution in [2.24, 2.45) is 0 Å². The molecule has 0 fully saturated rings. The molecule has 0 heterocycles. The van der Waals surface area contributed by atoms with E-state index in [0.717, 1.165) is 0 Å². The van der Waals surface area contributed by atoms with Gasteiger partial charge in [-0.05, 0) is 0 Å². The first kappa shape index (κ1) is 10.5. The Hall–Kier alpha value is -1.04. The molecule has 0 nitrogen and oxygen atoms in total. The van der Waals surface area contributed by atoms with Crippen LogP contribution < -0.4 is 4.46 Å². The Kier molecular flexibility index (Phi) is 3.60. The van der Waals surface area contributed by atoms with Gasteiger partial charge in [0, 0.05) is 0 Å². The Labute approximate surface area is 95.8 Å². The molecule has 0 atom stereocenters. The molecule has 0 saturated heterocycles. The predicted octanol–water partition coefficient (Wildman–Crippen LogP) is 2.80. The fourth-order valence-corrected chi connectivity index (χ4v) is 4.67. The van der Waals surface area contributed by atoms with E-state index in [1.54, 1.807) is 4.46 Å². The Morgan fingerprint density at radius 2 is 1.33 bits per heavy atom. The number of hydrogen-bond acceptors (Lipinski definition) is 0. The molecule has 15 heavy (non-hydrogen) atoms. The van der Waals surface area contributed by atoms with Gasteiger partial charge in [-0.15, -0.1) is 0 Å². The summed E-state index contributed by atoms with van der Waals surface area (Å²) in [7, 11) is 0. The number of benzene rings is 2. The molecule has 0 saturated carbocycles. The van der Waals surface area contributed by atoms with Crippen LogP contribution in [0.15, 0.2) is 60.7 Å². The Balaban J connectivity index is 2.08. The maximum absolute atomic E-state index is 2.41. The summed E-state index contributed by atoms with van der Waals surface area (Å²) in [6.45, 7) is 0. The fraction of sp³-hybridized carbons (Fsp3) is 0.143. The molecule has 2 aromatic rings. The summed E-state index contributed by atoms with van der Waals surface area (Å²) >= 11 is -0.649. The summed E-state index contributed by atoms with van der Waals surface area (Å²) in [5.74, 6) is 2.41. The molecule has 0 unspecified atom stereocenters. The molecule has 0 N–H and O–H groups in total. The third-order valence-electron chi connectivity index (χ3n) is 2.37. The molecule has 0 aromatic heterocycles. The molecule has 0 aliphatic carbocycles. The Morgan fingerprint density at radius 1 is 0.800 bits per heavy atom. The molecule has 0 aliphatic heterocycles. The van der Waals surface area contributed by atoms with Crippen LogP contribution in [0.5, 0.6) is 0 Å². The van der Waals surface area contributed by atoms with Crippen molar-refractivity contribution >= 4 is 18.4 Å². The summed E-state index contributed by atoms with van der Waals surface area (Å²) in [4.78, 5) is 0. The van der Waals surface area contributed by atoms with Gasteiger partial charge in [0.25, 0.3) is 0 Å². The third-order valence-corrected chi connectivity index (χ3v) is 6.24. The second kappa shape index (κ2) is 5.16. The molecular weight excluding hydrogens is 247 g/mol. The van der Waals surface area contributed by atoms with E-state index in [-0.39, 0.29) is 0 Å². The van der Waals surface area contributed by atoms with Gasteiger partial charge >= 0.3 is 95.7 Å². The minimum atomic E-state index is -0.649. The topological polar surface area (TPSA) is 0 Å². The normalized spacial score (nSPS) is 10.5. The van der Waals surface area contributed by atoms with Gasteiger partial charge in [0.1, 0.15) is 0 Å². The summed E-state index contributed by atoms with van der Waals surface area (Å²) in [5, 5.41) is 1.24. The van der Waals surface area contributed by atoms with E-state index in [2.05, 4.69) is 66.5 Å². The molecule has 0 amide bonds. The van der Waals surface area contributed by atoms with Crippen LogP contribution >= 0.6 is 0 Å². The van der Waals surface area contributed by atoms with Gasteiger partial charge < -0.3 is 0 Å². The van der Waals surface area contributed by atoms with E-state index >= 15 is 0 Å². The zero-order chi connectivity index (χ0) is 10.5. The van der Waals surface area contributed by atoms with Crippen LogP contribution in [0.3, 0.4) is 0 Å². The van der Waals surface area contributed by atoms with Crippen molar-refractivity contribution in [2.75, 3.05) is 0 Å². The van der Waals surface area contributed by atoms with E-state index in [1.807, 2.05) is 0 Å². The van der Waals surface area contributed by atoms with Crippen molar-refractivity contribution in [1.29, 1.82) is 0 Å². The molecular formula is C14H15Se. The van der Waals surface area contributed by atoms with E-state index in [4.69, 9.17) is 0 Å². The molecule has 0 aliphatic rings. The average molecular weight is 262 g/mol. The minimum absolute atomic E-state index is 0.649.